The lowest BCUT2D eigenvalue weighted by Crippen LogP contribution is -2.51. The van der Waals surface area contributed by atoms with Crippen molar-refractivity contribution in [3.8, 4) is 0 Å². The number of nitrogens with zero attached hydrogens (tertiary/aromatic N) is 1. The Morgan fingerprint density at radius 2 is 1.69 bits per heavy atom. The van der Waals surface area contributed by atoms with Crippen LogP contribution in [-0.4, -0.2) is 32.2 Å². The fourth-order valence-corrected chi connectivity index (χ4v) is 5.18. The van der Waals surface area contributed by atoms with Crippen molar-refractivity contribution in [3.63, 3.8) is 0 Å². The average Bonchev–Trinajstić information content (AvgIpc) is 2.70. The standard InChI is InChI=1S/C13H20FNSi/c1-16(2,11-15-9-3-4-10-15)13-7-5-12(14)6-8-13/h5-8H,3-4,9-11H2,1-2H3. The quantitative estimate of drug-likeness (QED) is 0.730. The van der Waals surface area contributed by atoms with E-state index < -0.39 is 8.07 Å². The molecule has 0 aromatic heterocycles. The molecule has 1 saturated heterocycles. The summed E-state index contributed by atoms with van der Waals surface area (Å²) in [5, 5.41) is 1.36. The first-order valence-electron chi connectivity index (χ1n) is 6.06. The van der Waals surface area contributed by atoms with Gasteiger partial charge in [-0.2, -0.15) is 0 Å². The van der Waals surface area contributed by atoms with Crippen molar-refractivity contribution in [2.24, 2.45) is 0 Å². The van der Waals surface area contributed by atoms with Gasteiger partial charge in [0.25, 0.3) is 0 Å². The van der Waals surface area contributed by atoms with Gasteiger partial charge in [0.1, 0.15) is 5.82 Å². The molecule has 16 heavy (non-hydrogen) atoms. The second-order valence-electron chi connectivity index (χ2n) is 5.37. The third-order valence-corrected chi connectivity index (χ3v) is 6.58. The van der Waals surface area contributed by atoms with Crippen molar-refractivity contribution < 1.29 is 4.39 Å². The first-order chi connectivity index (χ1) is 7.58. The molecule has 0 bridgehead atoms. The molecule has 1 nitrogen and oxygen atoms in total. The van der Waals surface area contributed by atoms with Crippen molar-refractivity contribution in [2.75, 3.05) is 19.3 Å². The average molecular weight is 237 g/mol. The van der Waals surface area contributed by atoms with Gasteiger partial charge in [-0.15, -0.1) is 0 Å². The first kappa shape index (κ1) is 11.8. The van der Waals surface area contributed by atoms with E-state index in [4.69, 9.17) is 0 Å². The van der Waals surface area contributed by atoms with Crippen LogP contribution >= 0.6 is 0 Å². The predicted octanol–water partition coefficient (Wildman–Crippen LogP) is 2.38. The third-order valence-electron chi connectivity index (χ3n) is 3.44. The molecule has 1 aromatic carbocycles. The lowest BCUT2D eigenvalue weighted by molar-refractivity contribution is 0.390. The van der Waals surface area contributed by atoms with Gasteiger partial charge in [-0.1, -0.05) is 30.4 Å². The van der Waals surface area contributed by atoms with Gasteiger partial charge in [-0.25, -0.2) is 4.39 Å². The lowest BCUT2D eigenvalue weighted by atomic mass is 10.3. The molecule has 1 fully saturated rings. The highest BCUT2D eigenvalue weighted by Gasteiger charge is 2.27. The molecule has 0 aliphatic carbocycles. The molecule has 1 aliphatic heterocycles. The van der Waals surface area contributed by atoms with E-state index in [2.05, 4.69) is 18.0 Å². The van der Waals surface area contributed by atoms with Crippen LogP contribution in [0.4, 0.5) is 4.39 Å². The zero-order valence-electron chi connectivity index (χ0n) is 10.2. The highest BCUT2D eigenvalue weighted by molar-refractivity contribution is 6.89. The maximum atomic E-state index is 12.9. The van der Waals surface area contributed by atoms with Gasteiger partial charge in [-0.3, -0.25) is 0 Å². The molecule has 1 heterocycles. The van der Waals surface area contributed by atoms with E-state index in [1.54, 1.807) is 12.1 Å². The van der Waals surface area contributed by atoms with Crippen LogP contribution in [-0.2, 0) is 0 Å². The van der Waals surface area contributed by atoms with E-state index >= 15 is 0 Å². The van der Waals surface area contributed by atoms with Crippen LogP contribution < -0.4 is 5.19 Å². The molecule has 0 spiro atoms. The second-order valence-corrected chi connectivity index (χ2v) is 10.0. The van der Waals surface area contributed by atoms with Gasteiger partial charge in [0.2, 0.25) is 0 Å². The number of likely N-dealkylation sites (tertiary alicyclic amines) is 1. The largest absolute Gasteiger partial charge is 0.306 e. The highest BCUT2D eigenvalue weighted by Crippen LogP contribution is 2.13. The van der Waals surface area contributed by atoms with Gasteiger partial charge in [0.05, 0.1) is 8.07 Å². The summed E-state index contributed by atoms with van der Waals surface area (Å²) in [6, 6.07) is 7.12. The van der Waals surface area contributed by atoms with Gasteiger partial charge in [-0.05, 0) is 44.2 Å². The Labute approximate surface area is 98.3 Å². The molecule has 3 heteroatoms. The fraction of sp³-hybridized carbons (Fsp3) is 0.538. The number of halogens is 1. The molecule has 0 amide bonds. The van der Waals surface area contributed by atoms with E-state index in [1.165, 1.54) is 37.3 Å². The van der Waals surface area contributed by atoms with Gasteiger partial charge < -0.3 is 4.90 Å². The Bertz CT molecular complexity index is 341. The molecule has 88 valence electrons. The highest BCUT2D eigenvalue weighted by atomic mass is 28.3. The molecule has 0 N–H and O–H groups in total. The van der Waals surface area contributed by atoms with Crippen molar-refractivity contribution in [2.45, 2.75) is 25.9 Å². The summed E-state index contributed by atoms with van der Waals surface area (Å²) in [6.07, 6.45) is 3.89. The summed E-state index contributed by atoms with van der Waals surface area (Å²) < 4.78 is 12.9. The van der Waals surface area contributed by atoms with Crippen LogP contribution in [0.25, 0.3) is 0 Å². The van der Waals surface area contributed by atoms with Crippen LogP contribution in [0.2, 0.25) is 13.1 Å². The van der Waals surface area contributed by atoms with Crippen molar-refractivity contribution in [1.29, 1.82) is 0 Å². The van der Waals surface area contributed by atoms with Gasteiger partial charge >= 0.3 is 0 Å². The van der Waals surface area contributed by atoms with Crippen LogP contribution in [0.5, 0.6) is 0 Å². The SMILES string of the molecule is C[Si](C)(CN1CCCC1)c1ccc(F)cc1. The molecule has 0 unspecified atom stereocenters. The van der Waals surface area contributed by atoms with E-state index in [9.17, 15) is 4.39 Å². The van der Waals surface area contributed by atoms with Gasteiger partial charge in [0.15, 0.2) is 0 Å². The maximum Gasteiger partial charge on any atom is 0.123 e. The normalized spacial score (nSPS) is 17.9. The van der Waals surface area contributed by atoms with Crippen molar-refractivity contribution >= 4 is 13.3 Å². The zero-order valence-corrected chi connectivity index (χ0v) is 11.2. The second kappa shape index (κ2) is 4.68. The number of hydrogen-bond acceptors (Lipinski definition) is 1. The van der Waals surface area contributed by atoms with Crippen LogP contribution in [0.1, 0.15) is 12.8 Å². The minimum Gasteiger partial charge on any atom is -0.306 e. The molecule has 2 rings (SSSR count). The van der Waals surface area contributed by atoms with Crippen LogP contribution in [0.15, 0.2) is 24.3 Å². The molecule has 0 radical (unpaired) electrons. The molecule has 0 saturated carbocycles. The van der Waals surface area contributed by atoms with E-state index in [0.29, 0.717) is 0 Å². The minimum atomic E-state index is -1.41. The summed E-state index contributed by atoms with van der Waals surface area (Å²) in [4.78, 5) is 2.57. The molecule has 1 aromatic rings. The van der Waals surface area contributed by atoms with Crippen LogP contribution in [0, 0.1) is 5.82 Å². The Morgan fingerprint density at radius 1 is 1.12 bits per heavy atom. The molecule has 1 aliphatic rings. The summed E-state index contributed by atoms with van der Waals surface area (Å²) in [5.74, 6) is -0.130. The molecular weight excluding hydrogens is 217 g/mol. The summed E-state index contributed by atoms with van der Waals surface area (Å²) in [7, 11) is -1.41. The fourth-order valence-electron chi connectivity index (χ4n) is 2.49. The number of hydrogen-bond donors (Lipinski definition) is 0. The zero-order chi connectivity index (χ0) is 11.6. The van der Waals surface area contributed by atoms with E-state index in [1.807, 2.05) is 12.1 Å². The Balaban J connectivity index is 2.07. The van der Waals surface area contributed by atoms with Crippen molar-refractivity contribution in [3.05, 3.63) is 30.1 Å². The lowest BCUT2D eigenvalue weighted by Gasteiger charge is -2.28. The smallest absolute Gasteiger partial charge is 0.123 e. The molecular formula is C13H20FNSi. The molecule has 0 atom stereocenters. The van der Waals surface area contributed by atoms with Crippen LogP contribution in [0.3, 0.4) is 0 Å². The summed E-state index contributed by atoms with van der Waals surface area (Å²) >= 11 is 0. The monoisotopic (exact) mass is 237 g/mol. The first-order valence-corrected chi connectivity index (χ1v) is 9.27. The maximum absolute atomic E-state index is 12.9. The predicted molar refractivity (Wildman–Crippen MR) is 69.2 cm³/mol. The van der Waals surface area contributed by atoms with Gasteiger partial charge in [0, 0.05) is 0 Å². The van der Waals surface area contributed by atoms with E-state index in [0.717, 1.165) is 0 Å². The Kier molecular flexibility index (Phi) is 3.45. The third kappa shape index (κ3) is 2.71. The Hall–Kier alpha value is -0.673. The van der Waals surface area contributed by atoms with Crippen molar-refractivity contribution in [1.82, 2.24) is 4.90 Å². The number of benzene rings is 1. The number of rotatable bonds is 3. The summed E-state index contributed by atoms with van der Waals surface area (Å²) in [5.41, 5.74) is 0. The van der Waals surface area contributed by atoms with E-state index in [-0.39, 0.29) is 5.82 Å². The Morgan fingerprint density at radius 3 is 2.25 bits per heavy atom. The minimum absolute atomic E-state index is 0.130. The summed E-state index contributed by atoms with van der Waals surface area (Å²) in [6.45, 7) is 7.24. The topological polar surface area (TPSA) is 3.24 Å².